The summed E-state index contributed by atoms with van der Waals surface area (Å²) in [6.07, 6.45) is 6.33. The topological polar surface area (TPSA) is 67.9 Å². The highest BCUT2D eigenvalue weighted by Gasteiger charge is 2.22. The molecule has 2 fully saturated rings. The molecule has 0 spiro atoms. The fourth-order valence-electron chi connectivity index (χ4n) is 4.00. The number of morpholine rings is 1. The Kier molecular flexibility index (Phi) is 8.30. The molecule has 1 N–H and O–H groups in total. The third-order valence-electron chi connectivity index (χ3n) is 5.53. The van der Waals surface area contributed by atoms with Crippen molar-refractivity contribution in [1.29, 1.82) is 0 Å². The van der Waals surface area contributed by atoms with Crippen molar-refractivity contribution in [3.8, 4) is 0 Å². The van der Waals surface area contributed by atoms with Crippen molar-refractivity contribution in [2.75, 3.05) is 32.8 Å². The van der Waals surface area contributed by atoms with Crippen LogP contribution in [0.15, 0.2) is 30.3 Å². The van der Waals surface area contributed by atoms with E-state index in [1.165, 1.54) is 24.8 Å². The Morgan fingerprint density at radius 2 is 1.93 bits per heavy atom. The summed E-state index contributed by atoms with van der Waals surface area (Å²) in [7, 11) is 0. The van der Waals surface area contributed by atoms with E-state index < -0.39 is 5.97 Å². The fraction of sp³-hybridized carbons (Fsp3) is 0.636. The molecule has 6 nitrogen and oxygen atoms in total. The molecule has 28 heavy (non-hydrogen) atoms. The summed E-state index contributed by atoms with van der Waals surface area (Å²) in [4.78, 5) is 26.2. The molecule has 0 radical (unpaired) electrons. The molecule has 1 saturated carbocycles. The van der Waals surface area contributed by atoms with Gasteiger partial charge in [-0.3, -0.25) is 14.5 Å². The molecule has 6 heteroatoms. The molecule has 0 bridgehead atoms. The standard InChI is InChI=1S/C22H32N2O4/c25-21(13-18-7-3-1-4-8-18)23-14-22(26)28-17-20-16-24(11-12-27-20)15-19-9-5-2-6-10-19/h2,5-6,9-10,18,20H,1,3-4,7-8,11-17H2,(H,23,25). The number of rotatable bonds is 8. The molecule has 3 rings (SSSR count). The van der Waals surface area contributed by atoms with Gasteiger partial charge in [0.2, 0.25) is 5.91 Å². The van der Waals surface area contributed by atoms with Gasteiger partial charge in [0.25, 0.3) is 0 Å². The van der Waals surface area contributed by atoms with Gasteiger partial charge in [-0.2, -0.15) is 0 Å². The van der Waals surface area contributed by atoms with Crippen molar-refractivity contribution in [1.82, 2.24) is 10.2 Å². The number of hydrogen-bond donors (Lipinski definition) is 1. The first kappa shape index (κ1) is 20.8. The van der Waals surface area contributed by atoms with E-state index in [4.69, 9.17) is 9.47 Å². The molecular formula is C22H32N2O4. The van der Waals surface area contributed by atoms with E-state index in [1.54, 1.807) is 0 Å². The Hall–Kier alpha value is -1.92. The lowest BCUT2D eigenvalue weighted by atomic mass is 9.87. The van der Waals surface area contributed by atoms with E-state index in [0.29, 0.717) is 18.9 Å². The van der Waals surface area contributed by atoms with Crippen molar-refractivity contribution in [2.24, 2.45) is 5.92 Å². The van der Waals surface area contributed by atoms with Crippen molar-refractivity contribution in [2.45, 2.75) is 51.2 Å². The lowest BCUT2D eigenvalue weighted by Gasteiger charge is -2.32. The molecular weight excluding hydrogens is 356 g/mol. The molecule has 1 aliphatic carbocycles. The lowest BCUT2D eigenvalue weighted by Crippen LogP contribution is -2.44. The second kappa shape index (κ2) is 11.2. The van der Waals surface area contributed by atoms with Gasteiger partial charge in [-0.05, 0) is 24.3 Å². The van der Waals surface area contributed by atoms with Crippen LogP contribution in [0.25, 0.3) is 0 Å². The maximum absolute atomic E-state index is 12.0. The summed E-state index contributed by atoms with van der Waals surface area (Å²) in [6, 6.07) is 10.3. The van der Waals surface area contributed by atoms with Crippen molar-refractivity contribution >= 4 is 11.9 Å². The fourth-order valence-corrected chi connectivity index (χ4v) is 4.00. The predicted octanol–water partition coefficient (Wildman–Crippen LogP) is 2.52. The summed E-state index contributed by atoms with van der Waals surface area (Å²) in [5, 5.41) is 2.69. The van der Waals surface area contributed by atoms with Crippen LogP contribution < -0.4 is 5.32 Å². The van der Waals surface area contributed by atoms with Crippen molar-refractivity contribution in [3.63, 3.8) is 0 Å². The summed E-state index contributed by atoms with van der Waals surface area (Å²) >= 11 is 0. The average molecular weight is 389 g/mol. The second-order valence-electron chi connectivity index (χ2n) is 7.88. The lowest BCUT2D eigenvalue weighted by molar-refractivity contribution is -0.150. The smallest absolute Gasteiger partial charge is 0.325 e. The van der Waals surface area contributed by atoms with Crippen LogP contribution in [-0.2, 0) is 25.6 Å². The molecule has 1 unspecified atom stereocenters. The van der Waals surface area contributed by atoms with Gasteiger partial charge in [0.15, 0.2) is 0 Å². The normalized spacial score (nSPS) is 21.2. The minimum absolute atomic E-state index is 0.0493. The van der Waals surface area contributed by atoms with Crippen LogP contribution in [0, 0.1) is 5.92 Å². The molecule has 1 aromatic rings. The van der Waals surface area contributed by atoms with Crippen LogP contribution in [0.3, 0.4) is 0 Å². The first-order valence-corrected chi connectivity index (χ1v) is 10.5. The van der Waals surface area contributed by atoms with E-state index in [2.05, 4.69) is 22.3 Å². The molecule has 1 aromatic carbocycles. The highest BCUT2D eigenvalue weighted by molar-refractivity contribution is 5.82. The van der Waals surface area contributed by atoms with E-state index in [-0.39, 0.29) is 25.2 Å². The van der Waals surface area contributed by atoms with Crippen LogP contribution in [0.1, 0.15) is 44.1 Å². The number of carbonyl (C=O) groups excluding carboxylic acids is 2. The third-order valence-corrected chi connectivity index (χ3v) is 5.53. The summed E-state index contributed by atoms with van der Waals surface area (Å²) < 4.78 is 11.0. The molecule has 2 aliphatic rings. The molecule has 1 atom stereocenters. The highest BCUT2D eigenvalue weighted by Crippen LogP contribution is 2.25. The summed E-state index contributed by atoms with van der Waals surface area (Å²) in [5.41, 5.74) is 1.26. The van der Waals surface area contributed by atoms with E-state index in [1.807, 2.05) is 18.2 Å². The minimum Gasteiger partial charge on any atom is -0.462 e. The van der Waals surface area contributed by atoms with Crippen molar-refractivity contribution in [3.05, 3.63) is 35.9 Å². The summed E-state index contributed by atoms with van der Waals surface area (Å²) in [6.45, 7) is 3.26. The number of carbonyl (C=O) groups is 2. The number of ether oxygens (including phenoxy) is 2. The van der Waals surface area contributed by atoms with Gasteiger partial charge in [0.05, 0.1) is 6.61 Å². The minimum atomic E-state index is -0.402. The SMILES string of the molecule is O=C(CC1CCCCC1)NCC(=O)OCC1CN(Cc2ccccc2)CCO1. The van der Waals surface area contributed by atoms with Crippen LogP contribution in [-0.4, -0.2) is 55.7 Å². The van der Waals surface area contributed by atoms with Crippen LogP contribution in [0.4, 0.5) is 0 Å². The predicted molar refractivity (Wildman–Crippen MR) is 107 cm³/mol. The van der Waals surface area contributed by atoms with Crippen LogP contribution >= 0.6 is 0 Å². The third kappa shape index (κ3) is 7.24. The number of hydrogen-bond acceptors (Lipinski definition) is 5. The second-order valence-corrected chi connectivity index (χ2v) is 7.88. The molecule has 1 amide bonds. The molecule has 154 valence electrons. The Balaban J connectivity index is 1.30. The zero-order valence-corrected chi connectivity index (χ0v) is 16.6. The number of amides is 1. The van der Waals surface area contributed by atoms with Gasteiger partial charge in [0, 0.05) is 26.1 Å². The zero-order valence-electron chi connectivity index (χ0n) is 16.6. The maximum atomic E-state index is 12.0. The monoisotopic (exact) mass is 388 g/mol. The Morgan fingerprint density at radius 1 is 1.14 bits per heavy atom. The molecule has 1 aliphatic heterocycles. The zero-order chi connectivity index (χ0) is 19.6. The molecule has 0 aromatic heterocycles. The quantitative estimate of drug-likeness (QED) is 0.693. The highest BCUT2D eigenvalue weighted by atomic mass is 16.6. The number of benzene rings is 1. The van der Waals surface area contributed by atoms with E-state index in [9.17, 15) is 9.59 Å². The Labute approximate surface area is 167 Å². The first-order chi connectivity index (χ1) is 13.7. The van der Waals surface area contributed by atoms with Crippen molar-refractivity contribution < 1.29 is 19.1 Å². The maximum Gasteiger partial charge on any atom is 0.325 e. The van der Waals surface area contributed by atoms with Gasteiger partial charge in [-0.1, -0.05) is 49.6 Å². The van der Waals surface area contributed by atoms with E-state index in [0.717, 1.165) is 32.5 Å². The molecule has 1 heterocycles. The number of nitrogens with one attached hydrogen (secondary N) is 1. The Morgan fingerprint density at radius 3 is 2.71 bits per heavy atom. The van der Waals surface area contributed by atoms with Crippen LogP contribution in [0.2, 0.25) is 0 Å². The van der Waals surface area contributed by atoms with Gasteiger partial charge >= 0.3 is 5.97 Å². The number of esters is 1. The largest absolute Gasteiger partial charge is 0.462 e. The Bertz CT molecular complexity index is 616. The summed E-state index contributed by atoms with van der Waals surface area (Å²) in [5.74, 6) is 0.0172. The van der Waals surface area contributed by atoms with Gasteiger partial charge < -0.3 is 14.8 Å². The van der Waals surface area contributed by atoms with Crippen LogP contribution in [0.5, 0.6) is 0 Å². The average Bonchev–Trinajstić information content (AvgIpc) is 2.72. The van der Waals surface area contributed by atoms with Gasteiger partial charge in [-0.15, -0.1) is 0 Å². The van der Waals surface area contributed by atoms with Gasteiger partial charge in [-0.25, -0.2) is 0 Å². The van der Waals surface area contributed by atoms with E-state index >= 15 is 0 Å². The van der Waals surface area contributed by atoms with Gasteiger partial charge in [0.1, 0.15) is 19.3 Å². The first-order valence-electron chi connectivity index (χ1n) is 10.5. The number of nitrogens with zero attached hydrogens (tertiary/aromatic N) is 1. The molecule has 1 saturated heterocycles.